The van der Waals surface area contributed by atoms with E-state index in [9.17, 15) is 4.79 Å². The van der Waals surface area contributed by atoms with Gasteiger partial charge in [-0.3, -0.25) is 9.36 Å². The molecule has 0 radical (unpaired) electrons. The minimum Gasteiger partial charge on any atom is -0.325 e. The van der Waals surface area contributed by atoms with Crippen LogP contribution in [0, 0.1) is 13.8 Å². The SMILES string of the molecule is Cc1cccc(C)c1NC(=O)CSc1nnc(-c2cccs2)n1-c1ccc(Cl)cc1. The van der Waals surface area contributed by atoms with Crippen LogP contribution in [0.4, 0.5) is 5.69 Å². The predicted molar refractivity (Wildman–Crippen MR) is 125 cm³/mol. The van der Waals surface area contributed by atoms with Gasteiger partial charge < -0.3 is 5.32 Å². The molecule has 1 N–H and O–H groups in total. The molecule has 152 valence electrons. The van der Waals surface area contributed by atoms with Crippen molar-refractivity contribution >= 4 is 46.3 Å². The zero-order valence-electron chi connectivity index (χ0n) is 16.4. The third kappa shape index (κ3) is 4.43. The Labute approximate surface area is 188 Å². The molecule has 1 amide bonds. The molecule has 2 aromatic carbocycles. The largest absolute Gasteiger partial charge is 0.325 e. The van der Waals surface area contributed by atoms with E-state index in [0.717, 1.165) is 33.2 Å². The Balaban J connectivity index is 1.58. The molecule has 5 nitrogen and oxygen atoms in total. The number of thioether (sulfide) groups is 1. The maximum atomic E-state index is 12.6. The summed E-state index contributed by atoms with van der Waals surface area (Å²) >= 11 is 9.01. The van der Waals surface area contributed by atoms with Gasteiger partial charge in [-0.15, -0.1) is 21.5 Å². The molecule has 8 heteroatoms. The van der Waals surface area contributed by atoms with Crippen molar-refractivity contribution in [3.05, 3.63) is 76.1 Å². The first kappa shape index (κ1) is 20.7. The topological polar surface area (TPSA) is 59.8 Å². The highest BCUT2D eigenvalue weighted by Crippen LogP contribution is 2.31. The average molecular weight is 455 g/mol. The summed E-state index contributed by atoms with van der Waals surface area (Å²) in [5.74, 6) is 0.884. The zero-order chi connectivity index (χ0) is 21.1. The van der Waals surface area contributed by atoms with Crippen molar-refractivity contribution in [3.63, 3.8) is 0 Å². The van der Waals surface area contributed by atoms with Crippen molar-refractivity contribution < 1.29 is 4.79 Å². The molecule has 0 atom stereocenters. The average Bonchev–Trinajstić information content (AvgIpc) is 3.39. The number of rotatable bonds is 6. The number of aromatic nitrogens is 3. The molecule has 4 rings (SSSR count). The first-order valence-corrected chi connectivity index (χ1v) is 11.5. The van der Waals surface area contributed by atoms with Gasteiger partial charge in [-0.25, -0.2) is 0 Å². The maximum absolute atomic E-state index is 12.6. The minimum atomic E-state index is -0.0827. The lowest BCUT2D eigenvalue weighted by molar-refractivity contribution is -0.113. The van der Waals surface area contributed by atoms with Crippen LogP contribution < -0.4 is 5.32 Å². The third-order valence-electron chi connectivity index (χ3n) is 4.54. The Bertz CT molecular complexity index is 1150. The first-order valence-electron chi connectivity index (χ1n) is 9.27. The summed E-state index contributed by atoms with van der Waals surface area (Å²) in [4.78, 5) is 13.6. The molecule has 0 spiro atoms. The Morgan fingerprint density at radius 2 is 1.80 bits per heavy atom. The minimum absolute atomic E-state index is 0.0827. The smallest absolute Gasteiger partial charge is 0.234 e. The normalized spacial score (nSPS) is 10.9. The number of benzene rings is 2. The molecule has 0 aliphatic carbocycles. The standard InChI is InChI=1S/C22H19ClN4OS2/c1-14-5-3-6-15(2)20(14)24-19(28)13-30-22-26-25-21(18-7-4-12-29-18)27(22)17-10-8-16(23)9-11-17/h3-12H,13H2,1-2H3,(H,24,28). The number of aryl methyl sites for hydroxylation is 2. The second kappa shape index (κ2) is 9.04. The first-order chi connectivity index (χ1) is 14.5. The second-order valence-electron chi connectivity index (χ2n) is 6.70. The van der Waals surface area contributed by atoms with Crippen molar-refractivity contribution in [2.24, 2.45) is 0 Å². The molecular formula is C22H19ClN4OS2. The van der Waals surface area contributed by atoms with E-state index in [1.54, 1.807) is 11.3 Å². The van der Waals surface area contributed by atoms with Crippen LogP contribution >= 0.6 is 34.7 Å². The number of amides is 1. The van der Waals surface area contributed by atoms with Crippen LogP contribution in [0.2, 0.25) is 5.02 Å². The van der Waals surface area contributed by atoms with Gasteiger partial charge in [0.15, 0.2) is 11.0 Å². The molecule has 2 heterocycles. The van der Waals surface area contributed by atoms with Crippen LogP contribution in [0.5, 0.6) is 0 Å². The van der Waals surface area contributed by atoms with Gasteiger partial charge in [0.25, 0.3) is 0 Å². The van der Waals surface area contributed by atoms with E-state index in [0.29, 0.717) is 10.2 Å². The molecule has 0 fully saturated rings. The molecule has 0 saturated carbocycles. The molecule has 2 aromatic heterocycles. The lowest BCUT2D eigenvalue weighted by Gasteiger charge is -2.12. The van der Waals surface area contributed by atoms with E-state index in [4.69, 9.17) is 11.6 Å². The van der Waals surface area contributed by atoms with E-state index in [1.165, 1.54) is 11.8 Å². The number of carbonyl (C=O) groups is 1. The van der Waals surface area contributed by atoms with Crippen LogP contribution in [0.3, 0.4) is 0 Å². The van der Waals surface area contributed by atoms with Gasteiger partial charge in [-0.2, -0.15) is 0 Å². The van der Waals surface area contributed by atoms with E-state index >= 15 is 0 Å². The number of anilines is 1. The van der Waals surface area contributed by atoms with Crippen molar-refractivity contribution in [1.29, 1.82) is 0 Å². The number of nitrogens with one attached hydrogen (secondary N) is 1. The lowest BCUT2D eigenvalue weighted by atomic mass is 10.1. The number of halogens is 1. The highest BCUT2D eigenvalue weighted by Gasteiger charge is 2.18. The lowest BCUT2D eigenvalue weighted by Crippen LogP contribution is -2.16. The fourth-order valence-corrected chi connectivity index (χ4v) is 4.65. The number of nitrogens with zero attached hydrogens (tertiary/aromatic N) is 3. The summed E-state index contributed by atoms with van der Waals surface area (Å²) in [5, 5.41) is 15.1. The van der Waals surface area contributed by atoms with Crippen LogP contribution in [0.1, 0.15) is 11.1 Å². The monoisotopic (exact) mass is 454 g/mol. The van der Waals surface area contributed by atoms with E-state index in [2.05, 4.69) is 15.5 Å². The van der Waals surface area contributed by atoms with Gasteiger partial charge in [0.1, 0.15) is 0 Å². The maximum Gasteiger partial charge on any atom is 0.234 e. The summed E-state index contributed by atoms with van der Waals surface area (Å²) in [6.45, 7) is 3.97. The van der Waals surface area contributed by atoms with Gasteiger partial charge >= 0.3 is 0 Å². The number of hydrogen-bond acceptors (Lipinski definition) is 5. The molecule has 0 saturated heterocycles. The Hall–Kier alpha value is -2.61. The molecule has 30 heavy (non-hydrogen) atoms. The quantitative estimate of drug-likeness (QED) is 0.363. The predicted octanol–water partition coefficient (Wildman–Crippen LogP) is 6.00. The summed E-state index contributed by atoms with van der Waals surface area (Å²) in [7, 11) is 0. The Morgan fingerprint density at radius 1 is 1.07 bits per heavy atom. The van der Waals surface area contributed by atoms with Gasteiger partial charge in [-0.1, -0.05) is 47.6 Å². The Kier molecular flexibility index (Phi) is 6.22. The third-order valence-corrected chi connectivity index (χ3v) is 6.58. The number of carbonyl (C=O) groups excluding carboxylic acids is 1. The zero-order valence-corrected chi connectivity index (χ0v) is 18.8. The number of thiophene rings is 1. The second-order valence-corrected chi connectivity index (χ2v) is 9.03. The molecule has 0 unspecified atom stereocenters. The van der Waals surface area contributed by atoms with Gasteiger partial charge in [0.2, 0.25) is 5.91 Å². The molecular weight excluding hydrogens is 436 g/mol. The van der Waals surface area contributed by atoms with Crippen molar-refractivity contribution in [1.82, 2.24) is 14.8 Å². The Morgan fingerprint density at radius 3 is 2.47 bits per heavy atom. The molecule has 0 bridgehead atoms. The highest BCUT2D eigenvalue weighted by atomic mass is 35.5. The van der Waals surface area contributed by atoms with Crippen molar-refractivity contribution in [3.8, 4) is 16.4 Å². The fraction of sp³-hybridized carbons (Fsp3) is 0.136. The summed E-state index contributed by atoms with van der Waals surface area (Å²) in [5.41, 5.74) is 3.84. The van der Waals surface area contributed by atoms with Crippen molar-refractivity contribution in [2.75, 3.05) is 11.1 Å². The van der Waals surface area contributed by atoms with E-state index in [-0.39, 0.29) is 11.7 Å². The summed E-state index contributed by atoms with van der Waals surface area (Å²) in [6, 6.07) is 17.4. The van der Waals surface area contributed by atoms with Crippen LogP contribution in [0.25, 0.3) is 16.4 Å². The fourth-order valence-electron chi connectivity index (χ4n) is 3.07. The van der Waals surface area contributed by atoms with E-state index in [1.807, 2.05) is 78.4 Å². The number of hydrogen-bond donors (Lipinski definition) is 1. The van der Waals surface area contributed by atoms with Gasteiger partial charge in [0.05, 0.1) is 10.6 Å². The molecule has 4 aromatic rings. The molecule has 0 aliphatic heterocycles. The highest BCUT2D eigenvalue weighted by molar-refractivity contribution is 7.99. The van der Waals surface area contributed by atoms with E-state index < -0.39 is 0 Å². The molecule has 0 aliphatic rings. The number of para-hydroxylation sites is 1. The summed E-state index contributed by atoms with van der Waals surface area (Å²) in [6.07, 6.45) is 0. The van der Waals surface area contributed by atoms with Crippen LogP contribution in [-0.2, 0) is 4.79 Å². The van der Waals surface area contributed by atoms with Gasteiger partial charge in [0, 0.05) is 16.4 Å². The summed E-state index contributed by atoms with van der Waals surface area (Å²) < 4.78 is 1.96. The van der Waals surface area contributed by atoms with Crippen LogP contribution in [0.15, 0.2) is 65.1 Å². The van der Waals surface area contributed by atoms with Crippen molar-refractivity contribution in [2.45, 2.75) is 19.0 Å². The van der Waals surface area contributed by atoms with Gasteiger partial charge in [-0.05, 0) is 60.7 Å². The van der Waals surface area contributed by atoms with Crippen LogP contribution in [-0.4, -0.2) is 26.4 Å².